The maximum atomic E-state index is 12.9. The SMILES string of the molecule is CCN(CC)S(=O)(=O)c1ccc2c(c1)nc(CCC(=O)Nc1ccc(NC(C)=O)cc1)n2CC. The second-order valence-electron chi connectivity index (χ2n) is 7.82. The maximum Gasteiger partial charge on any atom is 0.243 e. The predicted octanol–water partition coefficient (Wildman–Crippen LogP) is 3.62. The molecule has 182 valence electrons. The van der Waals surface area contributed by atoms with Crippen LogP contribution in [0.1, 0.15) is 39.9 Å². The van der Waals surface area contributed by atoms with Crippen molar-refractivity contribution in [3.63, 3.8) is 0 Å². The number of carbonyl (C=O) groups is 2. The number of aromatic nitrogens is 2. The van der Waals surface area contributed by atoms with Gasteiger partial charge in [0.15, 0.2) is 0 Å². The third-order valence-corrected chi connectivity index (χ3v) is 7.57. The summed E-state index contributed by atoms with van der Waals surface area (Å²) in [4.78, 5) is 28.5. The zero-order valence-corrected chi connectivity index (χ0v) is 20.8. The smallest absolute Gasteiger partial charge is 0.243 e. The number of anilines is 2. The molecular formula is C24H31N5O4S. The zero-order valence-electron chi connectivity index (χ0n) is 20.0. The van der Waals surface area contributed by atoms with Crippen LogP contribution in [0.2, 0.25) is 0 Å². The monoisotopic (exact) mass is 485 g/mol. The first kappa shape index (κ1) is 25.4. The third kappa shape index (κ3) is 5.63. The van der Waals surface area contributed by atoms with Gasteiger partial charge < -0.3 is 15.2 Å². The standard InChI is InChI=1S/C24H31N5O4S/c1-5-28(6-2)34(32,33)20-12-13-22-21(16-20)27-23(29(22)7-3)14-15-24(31)26-19-10-8-18(9-11-19)25-17(4)30/h8-13,16H,5-7,14-15H2,1-4H3,(H,25,30)(H,26,31). The number of hydrogen-bond donors (Lipinski definition) is 2. The van der Waals surface area contributed by atoms with E-state index in [1.807, 2.05) is 25.3 Å². The van der Waals surface area contributed by atoms with Crippen molar-refractivity contribution >= 4 is 44.2 Å². The summed E-state index contributed by atoms with van der Waals surface area (Å²) < 4.78 is 29.2. The molecule has 0 saturated carbocycles. The van der Waals surface area contributed by atoms with Gasteiger partial charge in [0.1, 0.15) is 5.82 Å². The Morgan fingerprint density at radius 1 is 0.971 bits per heavy atom. The lowest BCUT2D eigenvalue weighted by atomic mass is 10.2. The predicted molar refractivity (Wildman–Crippen MR) is 133 cm³/mol. The molecular weight excluding hydrogens is 454 g/mol. The van der Waals surface area contributed by atoms with Gasteiger partial charge in [-0.25, -0.2) is 13.4 Å². The van der Waals surface area contributed by atoms with Crippen LogP contribution in [0.5, 0.6) is 0 Å². The van der Waals surface area contributed by atoms with E-state index in [9.17, 15) is 18.0 Å². The van der Waals surface area contributed by atoms with Gasteiger partial charge in [-0.3, -0.25) is 9.59 Å². The second-order valence-corrected chi connectivity index (χ2v) is 9.76. The van der Waals surface area contributed by atoms with Crippen molar-refractivity contribution in [3.8, 4) is 0 Å². The molecule has 0 aliphatic rings. The number of nitrogens with one attached hydrogen (secondary N) is 2. The van der Waals surface area contributed by atoms with Crippen LogP contribution in [0.25, 0.3) is 11.0 Å². The van der Waals surface area contributed by atoms with Crippen LogP contribution in [0, 0.1) is 0 Å². The minimum atomic E-state index is -3.58. The van der Waals surface area contributed by atoms with E-state index in [0.29, 0.717) is 42.9 Å². The maximum absolute atomic E-state index is 12.9. The Bertz CT molecular complexity index is 1280. The first-order valence-corrected chi connectivity index (χ1v) is 12.8. The van der Waals surface area contributed by atoms with Crippen molar-refractivity contribution in [2.45, 2.75) is 52.0 Å². The summed E-state index contributed by atoms with van der Waals surface area (Å²) >= 11 is 0. The number of rotatable bonds is 10. The largest absolute Gasteiger partial charge is 0.328 e. The Hall–Kier alpha value is -3.24. The molecule has 0 saturated heterocycles. The molecule has 2 N–H and O–H groups in total. The molecule has 1 heterocycles. The van der Waals surface area contributed by atoms with Crippen LogP contribution >= 0.6 is 0 Å². The number of sulfonamides is 1. The van der Waals surface area contributed by atoms with Crippen LogP contribution in [0.15, 0.2) is 47.4 Å². The van der Waals surface area contributed by atoms with Crippen LogP contribution in [0.3, 0.4) is 0 Å². The molecule has 0 bridgehead atoms. The lowest BCUT2D eigenvalue weighted by Crippen LogP contribution is -2.30. The normalized spacial score (nSPS) is 11.7. The van der Waals surface area contributed by atoms with Crippen molar-refractivity contribution < 1.29 is 18.0 Å². The molecule has 3 aromatic rings. The van der Waals surface area contributed by atoms with Crippen LogP contribution in [-0.2, 0) is 32.6 Å². The number of amides is 2. The van der Waals surface area contributed by atoms with E-state index in [2.05, 4.69) is 15.6 Å². The Balaban J connectivity index is 1.74. The fourth-order valence-corrected chi connectivity index (χ4v) is 5.34. The molecule has 0 radical (unpaired) electrons. The van der Waals surface area contributed by atoms with Crippen molar-refractivity contribution in [1.29, 1.82) is 0 Å². The molecule has 0 atom stereocenters. The third-order valence-electron chi connectivity index (χ3n) is 5.52. The summed E-state index contributed by atoms with van der Waals surface area (Å²) in [6.45, 7) is 8.50. The summed E-state index contributed by atoms with van der Waals surface area (Å²) in [6, 6.07) is 11.9. The summed E-state index contributed by atoms with van der Waals surface area (Å²) in [5.41, 5.74) is 2.72. The van der Waals surface area contributed by atoms with E-state index in [4.69, 9.17) is 0 Å². The molecule has 9 nitrogen and oxygen atoms in total. The van der Waals surface area contributed by atoms with E-state index in [1.165, 1.54) is 11.2 Å². The van der Waals surface area contributed by atoms with Gasteiger partial charge >= 0.3 is 0 Å². The molecule has 0 aliphatic carbocycles. The van der Waals surface area contributed by atoms with Crippen LogP contribution < -0.4 is 10.6 Å². The fourth-order valence-electron chi connectivity index (χ4n) is 3.87. The zero-order chi connectivity index (χ0) is 24.9. The lowest BCUT2D eigenvalue weighted by Gasteiger charge is -2.18. The number of benzene rings is 2. The molecule has 0 unspecified atom stereocenters. The molecule has 1 aromatic heterocycles. The summed E-state index contributed by atoms with van der Waals surface area (Å²) in [5, 5.41) is 5.52. The number of aryl methyl sites for hydroxylation is 2. The molecule has 0 fully saturated rings. The van der Waals surface area contributed by atoms with Gasteiger partial charge in [-0.2, -0.15) is 4.31 Å². The van der Waals surface area contributed by atoms with Crippen molar-refractivity contribution in [1.82, 2.24) is 13.9 Å². The molecule has 0 spiro atoms. The van der Waals surface area contributed by atoms with Gasteiger partial charge in [0.05, 0.1) is 15.9 Å². The van der Waals surface area contributed by atoms with Crippen LogP contribution in [0.4, 0.5) is 11.4 Å². The van der Waals surface area contributed by atoms with Gasteiger partial charge in [-0.15, -0.1) is 0 Å². The fraction of sp³-hybridized carbons (Fsp3) is 0.375. The van der Waals surface area contributed by atoms with Crippen LogP contribution in [-0.4, -0.2) is 47.2 Å². The lowest BCUT2D eigenvalue weighted by molar-refractivity contribution is -0.116. The minimum Gasteiger partial charge on any atom is -0.328 e. The first-order chi connectivity index (χ1) is 16.2. The quantitative estimate of drug-likeness (QED) is 0.455. The van der Waals surface area contributed by atoms with Gasteiger partial charge in [0.2, 0.25) is 21.8 Å². The van der Waals surface area contributed by atoms with Gasteiger partial charge in [-0.1, -0.05) is 13.8 Å². The first-order valence-electron chi connectivity index (χ1n) is 11.4. The second kappa shape index (κ2) is 10.8. The highest BCUT2D eigenvalue weighted by Crippen LogP contribution is 2.24. The summed E-state index contributed by atoms with van der Waals surface area (Å²) in [5.74, 6) is 0.409. The molecule has 0 aliphatic heterocycles. The molecule has 10 heteroatoms. The van der Waals surface area contributed by atoms with E-state index in [-0.39, 0.29) is 23.1 Å². The molecule has 34 heavy (non-hydrogen) atoms. The number of carbonyl (C=O) groups excluding carboxylic acids is 2. The minimum absolute atomic E-state index is 0.159. The average Bonchev–Trinajstić information content (AvgIpc) is 3.16. The highest BCUT2D eigenvalue weighted by Gasteiger charge is 2.23. The number of imidazole rings is 1. The number of hydrogen-bond acceptors (Lipinski definition) is 5. The van der Waals surface area contributed by atoms with E-state index in [1.54, 1.807) is 42.5 Å². The highest BCUT2D eigenvalue weighted by atomic mass is 32.2. The molecule has 2 aromatic carbocycles. The van der Waals surface area contributed by atoms with E-state index in [0.717, 1.165) is 11.3 Å². The number of nitrogens with zero attached hydrogens (tertiary/aromatic N) is 3. The van der Waals surface area contributed by atoms with Crippen molar-refractivity contribution in [2.75, 3.05) is 23.7 Å². The Labute approximate surface area is 200 Å². The van der Waals surface area contributed by atoms with Gasteiger partial charge in [0.25, 0.3) is 0 Å². The van der Waals surface area contributed by atoms with Gasteiger partial charge in [-0.05, 0) is 49.4 Å². The Morgan fingerprint density at radius 3 is 2.15 bits per heavy atom. The van der Waals surface area contributed by atoms with Gasteiger partial charge in [0, 0.05) is 50.8 Å². The summed E-state index contributed by atoms with van der Waals surface area (Å²) in [7, 11) is -3.58. The molecule has 3 rings (SSSR count). The summed E-state index contributed by atoms with van der Waals surface area (Å²) in [6.07, 6.45) is 0.637. The molecule has 2 amide bonds. The Morgan fingerprint density at radius 2 is 1.59 bits per heavy atom. The van der Waals surface area contributed by atoms with Crippen molar-refractivity contribution in [3.05, 3.63) is 48.3 Å². The Kier molecular flexibility index (Phi) is 8.06. The average molecular weight is 486 g/mol. The van der Waals surface area contributed by atoms with E-state index >= 15 is 0 Å². The van der Waals surface area contributed by atoms with E-state index < -0.39 is 10.0 Å². The number of fused-ring (bicyclic) bond motifs is 1. The highest BCUT2D eigenvalue weighted by molar-refractivity contribution is 7.89. The topological polar surface area (TPSA) is 113 Å². The van der Waals surface area contributed by atoms with Crippen molar-refractivity contribution in [2.24, 2.45) is 0 Å².